The quantitative estimate of drug-likeness (QED) is 0.473. The van der Waals surface area contributed by atoms with Crippen molar-refractivity contribution in [1.82, 2.24) is 0 Å². The van der Waals surface area contributed by atoms with Gasteiger partial charge in [-0.05, 0) is 49.6 Å². The zero-order chi connectivity index (χ0) is 17.5. The van der Waals surface area contributed by atoms with E-state index in [1.807, 2.05) is 32.0 Å². The molecule has 6 nitrogen and oxygen atoms in total. The highest BCUT2D eigenvalue weighted by Gasteiger charge is 2.07. The second-order valence-electron chi connectivity index (χ2n) is 5.57. The Kier molecular flexibility index (Phi) is 5.89. The summed E-state index contributed by atoms with van der Waals surface area (Å²) in [5, 5.41) is 13.3. The van der Waals surface area contributed by atoms with Crippen LogP contribution in [-0.4, -0.2) is 17.4 Å². The summed E-state index contributed by atoms with van der Waals surface area (Å²) in [5.41, 5.74) is 2.73. The highest BCUT2D eigenvalue weighted by Crippen LogP contribution is 2.19. The number of rotatable bonds is 7. The van der Waals surface area contributed by atoms with Crippen molar-refractivity contribution >= 4 is 17.3 Å². The summed E-state index contributed by atoms with van der Waals surface area (Å²) in [7, 11) is 0. The number of hydrogen-bond donors (Lipinski definition) is 1. The SMILES string of the molecule is Cc1ccc(C)c(OCCCC(=O)Nc2ccc([N+](=O)[O-])cc2)c1. The molecule has 0 heterocycles. The number of ether oxygens (including phenoxy) is 1. The zero-order valence-electron chi connectivity index (χ0n) is 13.7. The fourth-order valence-corrected chi connectivity index (χ4v) is 2.17. The van der Waals surface area contributed by atoms with Gasteiger partial charge in [0.25, 0.3) is 5.69 Å². The Bertz CT molecular complexity index is 726. The number of aryl methyl sites for hydroxylation is 2. The van der Waals surface area contributed by atoms with Gasteiger partial charge in [-0.25, -0.2) is 0 Å². The van der Waals surface area contributed by atoms with E-state index in [0.717, 1.165) is 16.9 Å². The van der Waals surface area contributed by atoms with Crippen molar-refractivity contribution < 1.29 is 14.5 Å². The molecule has 0 saturated carbocycles. The van der Waals surface area contributed by atoms with Gasteiger partial charge in [-0.2, -0.15) is 0 Å². The van der Waals surface area contributed by atoms with Crippen LogP contribution in [-0.2, 0) is 4.79 Å². The van der Waals surface area contributed by atoms with Crippen molar-refractivity contribution in [3.63, 3.8) is 0 Å². The molecule has 0 spiro atoms. The number of amides is 1. The van der Waals surface area contributed by atoms with Gasteiger partial charge in [-0.1, -0.05) is 12.1 Å². The first-order chi connectivity index (χ1) is 11.5. The fraction of sp³-hybridized carbons (Fsp3) is 0.278. The van der Waals surface area contributed by atoms with Gasteiger partial charge in [0.2, 0.25) is 5.91 Å². The lowest BCUT2D eigenvalue weighted by molar-refractivity contribution is -0.384. The molecule has 0 aliphatic heterocycles. The van der Waals surface area contributed by atoms with Gasteiger partial charge >= 0.3 is 0 Å². The van der Waals surface area contributed by atoms with Crippen LogP contribution in [0, 0.1) is 24.0 Å². The number of anilines is 1. The second kappa shape index (κ2) is 8.10. The Balaban J connectivity index is 1.75. The lowest BCUT2D eigenvalue weighted by atomic mass is 10.1. The smallest absolute Gasteiger partial charge is 0.269 e. The monoisotopic (exact) mass is 328 g/mol. The first-order valence-corrected chi connectivity index (χ1v) is 7.70. The van der Waals surface area contributed by atoms with Gasteiger partial charge in [0, 0.05) is 24.2 Å². The molecule has 2 aromatic rings. The molecule has 1 N–H and O–H groups in total. The first kappa shape index (κ1) is 17.5. The summed E-state index contributed by atoms with van der Waals surface area (Å²) in [5.74, 6) is 0.694. The number of nitrogens with one attached hydrogen (secondary N) is 1. The lowest BCUT2D eigenvalue weighted by Crippen LogP contribution is -2.12. The number of nitrogens with zero attached hydrogens (tertiary/aromatic N) is 1. The van der Waals surface area contributed by atoms with E-state index >= 15 is 0 Å². The van der Waals surface area contributed by atoms with Crippen molar-refractivity contribution in [2.24, 2.45) is 0 Å². The van der Waals surface area contributed by atoms with E-state index in [4.69, 9.17) is 4.74 Å². The number of nitro groups is 1. The van der Waals surface area contributed by atoms with Crippen LogP contribution in [0.5, 0.6) is 5.75 Å². The van der Waals surface area contributed by atoms with Crippen LogP contribution < -0.4 is 10.1 Å². The van der Waals surface area contributed by atoms with Crippen molar-refractivity contribution in [2.45, 2.75) is 26.7 Å². The molecule has 0 unspecified atom stereocenters. The van der Waals surface area contributed by atoms with Gasteiger partial charge in [-0.15, -0.1) is 0 Å². The van der Waals surface area contributed by atoms with Crippen LogP contribution >= 0.6 is 0 Å². The Labute approximate surface area is 140 Å². The summed E-state index contributed by atoms with van der Waals surface area (Å²) in [6, 6.07) is 11.8. The molecule has 2 aromatic carbocycles. The number of benzene rings is 2. The molecule has 0 aliphatic carbocycles. The normalized spacial score (nSPS) is 10.2. The summed E-state index contributed by atoms with van der Waals surface area (Å²) < 4.78 is 5.71. The summed E-state index contributed by atoms with van der Waals surface area (Å²) >= 11 is 0. The Morgan fingerprint density at radius 1 is 1.17 bits per heavy atom. The maximum Gasteiger partial charge on any atom is 0.269 e. The third-order valence-corrected chi connectivity index (χ3v) is 3.51. The third kappa shape index (κ3) is 5.08. The van der Waals surface area contributed by atoms with Gasteiger partial charge in [0.05, 0.1) is 11.5 Å². The number of non-ortho nitro benzene ring substituents is 1. The summed E-state index contributed by atoms with van der Waals surface area (Å²) in [6.45, 7) is 4.44. The zero-order valence-corrected chi connectivity index (χ0v) is 13.7. The molecular formula is C18H20N2O4. The number of nitro benzene ring substituents is 1. The second-order valence-corrected chi connectivity index (χ2v) is 5.57. The molecule has 0 bridgehead atoms. The van der Waals surface area contributed by atoms with Crippen LogP contribution in [0.3, 0.4) is 0 Å². The standard InChI is InChI=1S/C18H20N2O4/c1-13-5-6-14(2)17(12-13)24-11-3-4-18(21)19-15-7-9-16(10-8-15)20(22)23/h5-10,12H,3-4,11H2,1-2H3,(H,19,21). The molecule has 0 fully saturated rings. The molecule has 0 saturated heterocycles. The largest absolute Gasteiger partial charge is 0.493 e. The Hall–Kier alpha value is -2.89. The average molecular weight is 328 g/mol. The van der Waals surface area contributed by atoms with E-state index in [1.165, 1.54) is 24.3 Å². The molecule has 0 aromatic heterocycles. The minimum absolute atomic E-state index is 0.00470. The van der Waals surface area contributed by atoms with Gasteiger partial charge in [0.1, 0.15) is 5.75 Å². The molecule has 0 atom stereocenters. The van der Waals surface area contributed by atoms with E-state index < -0.39 is 4.92 Å². The predicted octanol–water partition coefficient (Wildman–Crippen LogP) is 4.01. The van der Waals surface area contributed by atoms with E-state index in [2.05, 4.69) is 5.32 Å². The van der Waals surface area contributed by atoms with Gasteiger partial charge in [-0.3, -0.25) is 14.9 Å². The molecule has 2 rings (SSSR count). The van der Waals surface area contributed by atoms with E-state index in [0.29, 0.717) is 25.1 Å². The average Bonchev–Trinajstić information content (AvgIpc) is 2.55. The molecule has 6 heteroatoms. The number of carbonyl (C=O) groups is 1. The molecular weight excluding hydrogens is 308 g/mol. The summed E-state index contributed by atoms with van der Waals surface area (Å²) in [4.78, 5) is 22.0. The number of hydrogen-bond acceptors (Lipinski definition) is 4. The lowest BCUT2D eigenvalue weighted by Gasteiger charge is -2.10. The topological polar surface area (TPSA) is 81.5 Å². The minimum atomic E-state index is -0.476. The van der Waals surface area contributed by atoms with Crippen LogP contribution in [0.1, 0.15) is 24.0 Å². The van der Waals surface area contributed by atoms with Gasteiger partial charge < -0.3 is 10.1 Å². The van der Waals surface area contributed by atoms with Crippen molar-refractivity contribution in [2.75, 3.05) is 11.9 Å². The van der Waals surface area contributed by atoms with E-state index in [1.54, 1.807) is 0 Å². The van der Waals surface area contributed by atoms with Crippen molar-refractivity contribution in [1.29, 1.82) is 0 Å². The fourth-order valence-electron chi connectivity index (χ4n) is 2.17. The highest BCUT2D eigenvalue weighted by molar-refractivity contribution is 5.90. The third-order valence-electron chi connectivity index (χ3n) is 3.51. The Morgan fingerprint density at radius 2 is 1.88 bits per heavy atom. The summed E-state index contributed by atoms with van der Waals surface area (Å²) in [6.07, 6.45) is 0.911. The van der Waals surface area contributed by atoms with Crippen LogP contribution in [0.4, 0.5) is 11.4 Å². The van der Waals surface area contributed by atoms with E-state index in [9.17, 15) is 14.9 Å². The van der Waals surface area contributed by atoms with Crippen molar-refractivity contribution in [3.05, 3.63) is 63.7 Å². The molecule has 1 amide bonds. The Morgan fingerprint density at radius 3 is 2.54 bits per heavy atom. The number of carbonyl (C=O) groups excluding carboxylic acids is 1. The molecule has 24 heavy (non-hydrogen) atoms. The maximum atomic E-state index is 11.9. The molecule has 126 valence electrons. The molecule has 0 aliphatic rings. The van der Waals surface area contributed by atoms with Crippen LogP contribution in [0.15, 0.2) is 42.5 Å². The van der Waals surface area contributed by atoms with Crippen molar-refractivity contribution in [3.8, 4) is 5.75 Å². The van der Waals surface area contributed by atoms with Gasteiger partial charge in [0.15, 0.2) is 0 Å². The van der Waals surface area contributed by atoms with Crippen LogP contribution in [0.25, 0.3) is 0 Å². The minimum Gasteiger partial charge on any atom is -0.493 e. The van der Waals surface area contributed by atoms with Crippen LogP contribution in [0.2, 0.25) is 0 Å². The first-order valence-electron chi connectivity index (χ1n) is 7.70. The predicted molar refractivity (Wildman–Crippen MR) is 92.4 cm³/mol. The highest BCUT2D eigenvalue weighted by atomic mass is 16.6. The van der Waals surface area contributed by atoms with E-state index in [-0.39, 0.29) is 11.6 Å². The molecule has 0 radical (unpaired) electrons. The maximum absolute atomic E-state index is 11.9.